The Bertz CT molecular complexity index is 1040. The third-order valence-electron chi connectivity index (χ3n) is 6.10. The number of hydrogen-bond donors (Lipinski definition) is 1. The number of hydrogen-bond acceptors (Lipinski definition) is 5. The Kier molecular flexibility index (Phi) is 8.37. The van der Waals surface area contributed by atoms with Gasteiger partial charge in [-0.3, -0.25) is 4.79 Å². The molecule has 0 atom stereocenters. The lowest BCUT2D eigenvalue weighted by Gasteiger charge is -2.33. The molecule has 33 heavy (non-hydrogen) atoms. The maximum Gasteiger partial charge on any atom is 0.243 e. The maximum absolute atomic E-state index is 13.7. The van der Waals surface area contributed by atoms with Crippen LogP contribution in [-0.4, -0.2) is 45.4 Å². The number of anilines is 1. The van der Waals surface area contributed by atoms with Gasteiger partial charge in [0.25, 0.3) is 0 Å². The lowest BCUT2D eigenvalue weighted by atomic mass is 9.95. The number of carbonyl (C=O) groups is 1. The number of carbonyl (C=O) groups excluding carboxylic acids is 1. The quantitative estimate of drug-likeness (QED) is 0.565. The molecule has 1 fully saturated rings. The van der Waals surface area contributed by atoms with E-state index in [4.69, 9.17) is 9.47 Å². The molecule has 1 aliphatic rings. The second-order valence-corrected chi connectivity index (χ2v) is 10.6. The van der Waals surface area contributed by atoms with Gasteiger partial charge in [-0.1, -0.05) is 45.2 Å². The van der Waals surface area contributed by atoms with Crippen molar-refractivity contribution in [2.45, 2.75) is 62.8 Å². The first-order valence-corrected chi connectivity index (χ1v) is 12.8. The highest BCUT2D eigenvalue weighted by atomic mass is 32.2. The van der Waals surface area contributed by atoms with E-state index in [2.05, 4.69) is 19.2 Å². The van der Waals surface area contributed by atoms with Gasteiger partial charge in [-0.25, -0.2) is 8.42 Å². The highest BCUT2D eigenvalue weighted by Crippen LogP contribution is 2.33. The number of ether oxygens (including phenoxy) is 2. The molecule has 0 radical (unpaired) electrons. The molecule has 0 aromatic heterocycles. The molecule has 7 nitrogen and oxygen atoms in total. The van der Waals surface area contributed by atoms with E-state index in [-0.39, 0.29) is 23.4 Å². The minimum Gasteiger partial charge on any atom is -0.493 e. The van der Waals surface area contributed by atoms with Gasteiger partial charge in [0, 0.05) is 17.8 Å². The van der Waals surface area contributed by atoms with Crippen LogP contribution in [0.4, 0.5) is 5.69 Å². The first kappa shape index (κ1) is 25.1. The Morgan fingerprint density at radius 2 is 1.64 bits per heavy atom. The summed E-state index contributed by atoms with van der Waals surface area (Å²) in [4.78, 5) is 13.0. The first-order chi connectivity index (χ1) is 15.8. The number of nitrogens with zero attached hydrogens (tertiary/aromatic N) is 1. The van der Waals surface area contributed by atoms with Crippen molar-refractivity contribution in [2.24, 2.45) is 0 Å². The summed E-state index contributed by atoms with van der Waals surface area (Å²) in [5.74, 6) is 0.810. The molecule has 0 unspecified atom stereocenters. The molecule has 180 valence electrons. The molecule has 1 amide bonds. The highest BCUT2D eigenvalue weighted by Gasteiger charge is 2.34. The predicted molar refractivity (Wildman–Crippen MR) is 129 cm³/mol. The number of benzene rings is 2. The Morgan fingerprint density at radius 1 is 1.00 bits per heavy atom. The van der Waals surface area contributed by atoms with E-state index in [1.807, 2.05) is 24.3 Å². The minimum absolute atomic E-state index is 0.0832. The summed E-state index contributed by atoms with van der Waals surface area (Å²) in [6, 6.07) is 11.9. The van der Waals surface area contributed by atoms with Crippen molar-refractivity contribution in [1.82, 2.24) is 4.31 Å². The molecule has 0 saturated heterocycles. The highest BCUT2D eigenvalue weighted by molar-refractivity contribution is 7.89. The average molecular weight is 475 g/mol. The molecular weight excluding hydrogens is 440 g/mol. The summed E-state index contributed by atoms with van der Waals surface area (Å²) in [6.07, 6.45) is 4.45. The van der Waals surface area contributed by atoms with E-state index in [0.717, 1.165) is 32.1 Å². The largest absolute Gasteiger partial charge is 0.493 e. The van der Waals surface area contributed by atoms with Crippen LogP contribution >= 0.6 is 0 Å². The van der Waals surface area contributed by atoms with Gasteiger partial charge in [-0.15, -0.1) is 0 Å². The molecule has 1 saturated carbocycles. The maximum atomic E-state index is 13.7. The smallest absolute Gasteiger partial charge is 0.243 e. The second kappa shape index (κ2) is 11.0. The van der Waals surface area contributed by atoms with Crippen LogP contribution in [0.2, 0.25) is 0 Å². The van der Waals surface area contributed by atoms with E-state index >= 15 is 0 Å². The summed E-state index contributed by atoms with van der Waals surface area (Å²) < 4.78 is 39.2. The Morgan fingerprint density at radius 3 is 2.21 bits per heavy atom. The van der Waals surface area contributed by atoms with Crippen molar-refractivity contribution >= 4 is 21.6 Å². The van der Waals surface area contributed by atoms with E-state index in [9.17, 15) is 13.2 Å². The zero-order valence-electron chi connectivity index (χ0n) is 19.8. The SMILES string of the molecule is COc1ccc(S(=O)(=O)N(CC(=O)Nc2ccc(C(C)C)cc2)C2CCCCC2)cc1OC. The monoisotopic (exact) mass is 474 g/mol. The summed E-state index contributed by atoms with van der Waals surface area (Å²) in [5, 5.41) is 2.85. The van der Waals surface area contributed by atoms with Crippen LogP contribution in [0.1, 0.15) is 57.4 Å². The summed E-state index contributed by atoms with van der Waals surface area (Å²) in [6.45, 7) is 3.97. The van der Waals surface area contributed by atoms with E-state index in [1.54, 1.807) is 6.07 Å². The average Bonchev–Trinajstić information content (AvgIpc) is 2.82. The molecule has 1 N–H and O–H groups in total. The van der Waals surface area contributed by atoms with Crippen molar-refractivity contribution in [3.63, 3.8) is 0 Å². The van der Waals surface area contributed by atoms with Crippen LogP contribution in [0.3, 0.4) is 0 Å². The van der Waals surface area contributed by atoms with Crippen LogP contribution in [0.25, 0.3) is 0 Å². The van der Waals surface area contributed by atoms with Crippen molar-refractivity contribution < 1.29 is 22.7 Å². The summed E-state index contributed by atoms with van der Waals surface area (Å²) in [5.41, 5.74) is 1.82. The standard InChI is InChI=1S/C25H34N2O5S/c1-18(2)19-10-12-20(13-11-19)26-25(28)17-27(21-8-6-5-7-9-21)33(29,30)22-14-15-23(31-3)24(16-22)32-4/h10-16,18,21H,5-9,17H2,1-4H3,(H,26,28). The van der Waals surface area contributed by atoms with E-state index < -0.39 is 10.0 Å². The molecule has 0 bridgehead atoms. The van der Waals surface area contributed by atoms with Crippen LogP contribution in [-0.2, 0) is 14.8 Å². The topological polar surface area (TPSA) is 84.9 Å². The van der Waals surface area contributed by atoms with Crippen molar-refractivity contribution in [3.8, 4) is 11.5 Å². The van der Waals surface area contributed by atoms with E-state index in [1.165, 1.54) is 36.2 Å². The molecule has 3 rings (SSSR count). The zero-order valence-corrected chi connectivity index (χ0v) is 20.7. The number of amides is 1. The fourth-order valence-corrected chi connectivity index (χ4v) is 5.84. The first-order valence-electron chi connectivity index (χ1n) is 11.4. The normalized spacial score (nSPS) is 15.0. The van der Waals surface area contributed by atoms with Gasteiger partial charge in [0.05, 0.1) is 25.7 Å². The number of sulfonamides is 1. The fourth-order valence-electron chi connectivity index (χ4n) is 4.19. The summed E-state index contributed by atoms with van der Waals surface area (Å²) >= 11 is 0. The molecule has 0 aliphatic heterocycles. The molecule has 1 aliphatic carbocycles. The van der Waals surface area contributed by atoms with Crippen LogP contribution in [0, 0.1) is 0 Å². The van der Waals surface area contributed by atoms with Crippen molar-refractivity contribution in [2.75, 3.05) is 26.1 Å². The van der Waals surface area contributed by atoms with Gasteiger partial charge in [-0.05, 0) is 48.6 Å². The fraction of sp³-hybridized carbons (Fsp3) is 0.480. The van der Waals surface area contributed by atoms with Gasteiger partial charge in [0.2, 0.25) is 15.9 Å². The Balaban J connectivity index is 1.85. The van der Waals surface area contributed by atoms with Gasteiger partial charge in [-0.2, -0.15) is 4.31 Å². The lowest BCUT2D eigenvalue weighted by Crippen LogP contribution is -2.45. The van der Waals surface area contributed by atoms with Crippen LogP contribution in [0.5, 0.6) is 11.5 Å². The van der Waals surface area contributed by atoms with E-state index in [0.29, 0.717) is 23.1 Å². The number of methoxy groups -OCH3 is 2. The van der Waals surface area contributed by atoms with Crippen LogP contribution < -0.4 is 14.8 Å². The molecule has 2 aromatic carbocycles. The van der Waals surface area contributed by atoms with Gasteiger partial charge in [0.1, 0.15) is 0 Å². The molecular formula is C25H34N2O5S. The molecule has 8 heteroatoms. The predicted octanol–water partition coefficient (Wildman–Crippen LogP) is 4.79. The number of rotatable bonds is 9. The Labute approximate surface area is 197 Å². The zero-order chi connectivity index (χ0) is 24.0. The lowest BCUT2D eigenvalue weighted by molar-refractivity contribution is -0.116. The van der Waals surface area contributed by atoms with Crippen molar-refractivity contribution in [3.05, 3.63) is 48.0 Å². The van der Waals surface area contributed by atoms with Gasteiger partial charge < -0.3 is 14.8 Å². The number of nitrogens with one attached hydrogen (secondary N) is 1. The Hall–Kier alpha value is -2.58. The van der Waals surface area contributed by atoms with Crippen molar-refractivity contribution in [1.29, 1.82) is 0 Å². The minimum atomic E-state index is -3.93. The molecule has 2 aromatic rings. The second-order valence-electron chi connectivity index (χ2n) is 8.68. The molecule has 0 heterocycles. The molecule has 0 spiro atoms. The third-order valence-corrected chi connectivity index (χ3v) is 8.00. The summed E-state index contributed by atoms with van der Waals surface area (Å²) in [7, 11) is -0.965. The van der Waals surface area contributed by atoms with Gasteiger partial charge >= 0.3 is 0 Å². The van der Waals surface area contributed by atoms with Gasteiger partial charge in [0.15, 0.2) is 11.5 Å². The van der Waals surface area contributed by atoms with Crippen LogP contribution in [0.15, 0.2) is 47.4 Å². The third kappa shape index (κ3) is 6.06.